The number of aromatic nitrogens is 3. The Morgan fingerprint density at radius 3 is 1.52 bits per heavy atom. The maximum absolute atomic E-state index is 2.46. The molecule has 0 saturated carbocycles. The number of thiophene rings is 1. The van der Waals surface area contributed by atoms with Gasteiger partial charge in [-0.15, -0.1) is 11.3 Å². The molecule has 270 valence electrons. The monoisotopic (exact) mass is 755 g/mol. The highest BCUT2D eigenvalue weighted by molar-refractivity contribution is 7.26. The van der Waals surface area contributed by atoms with Crippen LogP contribution >= 0.6 is 11.3 Å². The summed E-state index contributed by atoms with van der Waals surface area (Å²) in [6.07, 6.45) is 0. The highest BCUT2D eigenvalue weighted by atomic mass is 32.1. The van der Waals surface area contributed by atoms with Crippen molar-refractivity contribution in [2.24, 2.45) is 0 Å². The first-order valence-corrected chi connectivity index (χ1v) is 20.7. The number of hydrogen-bond acceptors (Lipinski definition) is 1. The van der Waals surface area contributed by atoms with Gasteiger partial charge >= 0.3 is 0 Å². The lowest BCUT2D eigenvalue weighted by Crippen LogP contribution is -1.94. The smallest absolute Gasteiger partial charge is 0.0555 e. The first-order valence-electron chi connectivity index (χ1n) is 19.8. The van der Waals surface area contributed by atoms with Crippen molar-refractivity contribution >= 4 is 96.9 Å². The topological polar surface area (TPSA) is 14.8 Å². The van der Waals surface area contributed by atoms with Crippen LogP contribution in [0.4, 0.5) is 0 Å². The molecular formula is C54H33N3S. The molecule has 4 aromatic heterocycles. The second kappa shape index (κ2) is 12.1. The predicted molar refractivity (Wildman–Crippen MR) is 248 cm³/mol. The van der Waals surface area contributed by atoms with Crippen molar-refractivity contribution in [1.82, 2.24) is 13.7 Å². The van der Waals surface area contributed by atoms with Crippen LogP contribution in [0.25, 0.3) is 114 Å². The number of rotatable bonds is 4. The number of hydrogen-bond donors (Lipinski definition) is 0. The minimum Gasteiger partial charge on any atom is -0.309 e. The van der Waals surface area contributed by atoms with Crippen molar-refractivity contribution in [3.8, 4) is 28.2 Å². The number of nitrogens with zero attached hydrogens (tertiary/aromatic N) is 3. The summed E-state index contributed by atoms with van der Waals surface area (Å²) >= 11 is 1.91. The van der Waals surface area contributed by atoms with E-state index in [1.165, 1.54) is 108 Å². The Hall–Kier alpha value is -7.40. The van der Waals surface area contributed by atoms with E-state index in [1.54, 1.807) is 0 Å². The molecule has 0 atom stereocenters. The van der Waals surface area contributed by atoms with E-state index in [9.17, 15) is 0 Å². The SMILES string of the molecule is c1ccc(-n2c3ccccc3c3cc(-c4cccc(-n5c6ccccc6c6c7sc8ccc(-n9c%10ccccc%10c%10ccccc%109)cc8c7ccc65)c4)ccc32)cc1. The first kappa shape index (κ1) is 31.8. The second-order valence-corrected chi connectivity index (χ2v) is 16.4. The Balaban J connectivity index is 0.984. The van der Waals surface area contributed by atoms with Gasteiger partial charge in [-0.2, -0.15) is 0 Å². The van der Waals surface area contributed by atoms with Crippen molar-refractivity contribution in [1.29, 1.82) is 0 Å². The molecule has 0 radical (unpaired) electrons. The molecule has 58 heavy (non-hydrogen) atoms. The van der Waals surface area contributed by atoms with E-state index in [1.807, 2.05) is 11.3 Å². The zero-order valence-electron chi connectivity index (χ0n) is 31.3. The molecule has 0 spiro atoms. The van der Waals surface area contributed by atoms with Gasteiger partial charge < -0.3 is 13.7 Å². The van der Waals surface area contributed by atoms with Gasteiger partial charge in [-0.05, 0) is 96.1 Å². The molecule has 0 aliphatic heterocycles. The number of benzene rings is 9. The highest BCUT2D eigenvalue weighted by Crippen LogP contribution is 2.45. The van der Waals surface area contributed by atoms with Crippen LogP contribution in [-0.4, -0.2) is 13.7 Å². The molecule has 0 saturated heterocycles. The Kier molecular flexibility index (Phi) is 6.60. The van der Waals surface area contributed by atoms with E-state index in [-0.39, 0.29) is 0 Å². The largest absolute Gasteiger partial charge is 0.309 e. The summed E-state index contributed by atoms with van der Waals surface area (Å²) in [6, 6.07) is 73.5. The normalized spacial score (nSPS) is 12.1. The van der Waals surface area contributed by atoms with Crippen LogP contribution < -0.4 is 0 Å². The van der Waals surface area contributed by atoms with Crippen LogP contribution in [0.15, 0.2) is 200 Å². The minimum atomic E-state index is 1.16. The fourth-order valence-electron chi connectivity index (χ4n) is 9.72. The Labute approximate surface area is 337 Å². The molecule has 0 unspecified atom stereocenters. The summed E-state index contributed by atoms with van der Waals surface area (Å²) in [5.74, 6) is 0. The van der Waals surface area contributed by atoms with Gasteiger partial charge in [-0.1, -0.05) is 115 Å². The summed E-state index contributed by atoms with van der Waals surface area (Å²) in [4.78, 5) is 0. The van der Waals surface area contributed by atoms with Gasteiger partial charge in [0, 0.05) is 69.6 Å². The number of fused-ring (bicyclic) bond motifs is 13. The lowest BCUT2D eigenvalue weighted by molar-refractivity contribution is 1.18. The molecule has 4 heteroatoms. The van der Waals surface area contributed by atoms with Crippen molar-refractivity contribution in [2.45, 2.75) is 0 Å². The fraction of sp³-hybridized carbons (Fsp3) is 0. The molecule has 0 amide bonds. The molecule has 13 aromatic rings. The summed E-state index contributed by atoms with van der Waals surface area (Å²) < 4.78 is 9.89. The van der Waals surface area contributed by atoms with E-state index in [0.29, 0.717) is 0 Å². The maximum Gasteiger partial charge on any atom is 0.0555 e. The van der Waals surface area contributed by atoms with Crippen LogP contribution in [0.5, 0.6) is 0 Å². The summed E-state index contributed by atoms with van der Waals surface area (Å²) in [7, 11) is 0. The lowest BCUT2D eigenvalue weighted by Gasteiger charge is -2.11. The third kappa shape index (κ3) is 4.43. The molecule has 0 fully saturated rings. The van der Waals surface area contributed by atoms with Gasteiger partial charge in [0.1, 0.15) is 0 Å². The van der Waals surface area contributed by atoms with Crippen molar-refractivity contribution in [2.75, 3.05) is 0 Å². The van der Waals surface area contributed by atoms with Crippen LogP contribution in [0.3, 0.4) is 0 Å². The Bertz CT molecular complexity index is 3750. The lowest BCUT2D eigenvalue weighted by atomic mass is 10.0. The van der Waals surface area contributed by atoms with Gasteiger partial charge in [0.15, 0.2) is 0 Å². The molecule has 0 aliphatic rings. The second-order valence-electron chi connectivity index (χ2n) is 15.3. The minimum absolute atomic E-state index is 1.16. The van der Waals surface area contributed by atoms with Gasteiger partial charge in [0.25, 0.3) is 0 Å². The van der Waals surface area contributed by atoms with E-state index in [2.05, 4.69) is 214 Å². The Morgan fingerprint density at radius 1 is 0.276 bits per heavy atom. The van der Waals surface area contributed by atoms with Gasteiger partial charge in [0.05, 0.1) is 33.1 Å². The van der Waals surface area contributed by atoms with Crippen molar-refractivity contribution in [3.05, 3.63) is 200 Å². The fourth-order valence-corrected chi connectivity index (χ4v) is 11.0. The zero-order chi connectivity index (χ0) is 37.9. The predicted octanol–water partition coefficient (Wildman–Crippen LogP) is 15.0. The van der Waals surface area contributed by atoms with Gasteiger partial charge in [-0.25, -0.2) is 0 Å². The molecule has 13 rings (SSSR count). The third-order valence-corrected chi connectivity index (χ3v) is 13.4. The van der Waals surface area contributed by atoms with E-state index in [0.717, 1.165) is 5.69 Å². The molecule has 0 N–H and O–H groups in total. The Morgan fingerprint density at radius 2 is 0.793 bits per heavy atom. The van der Waals surface area contributed by atoms with Crippen LogP contribution in [0.2, 0.25) is 0 Å². The van der Waals surface area contributed by atoms with Crippen molar-refractivity contribution in [3.63, 3.8) is 0 Å². The standard InChI is InChI=1S/C54H33N3S/c1-2-14-36(15-3-1)55-48-23-10-6-19-41(48)44-32-35(25-28-50(44)55)34-13-12-16-37(31-34)57-49-24-11-7-20-43(49)53-51(57)29-27-42-45-33-38(26-30-52(45)58-54(42)53)56-46-21-8-4-17-39(46)40-18-5-9-22-47(40)56/h1-33H. The summed E-state index contributed by atoms with van der Waals surface area (Å²) in [5, 5.41) is 10.3. The number of para-hydroxylation sites is 5. The maximum atomic E-state index is 2.46. The van der Waals surface area contributed by atoms with Crippen molar-refractivity contribution < 1.29 is 0 Å². The molecule has 4 heterocycles. The van der Waals surface area contributed by atoms with E-state index < -0.39 is 0 Å². The van der Waals surface area contributed by atoms with Crippen LogP contribution in [-0.2, 0) is 0 Å². The van der Waals surface area contributed by atoms with Crippen LogP contribution in [0.1, 0.15) is 0 Å². The molecule has 0 bridgehead atoms. The third-order valence-electron chi connectivity index (χ3n) is 12.2. The molecule has 9 aromatic carbocycles. The average Bonchev–Trinajstić information content (AvgIpc) is 4.02. The van der Waals surface area contributed by atoms with Crippen LogP contribution in [0, 0.1) is 0 Å². The highest BCUT2D eigenvalue weighted by Gasteiger charge is 2.20. The molecule has 3 nitrogen and oxygen atoms in total. The zero-order valence-corrected chi connectivity index (χ0v) is 32.1. The van der Waals surface area contributed by atoms with E-state index in [4.69, 9.17) is 0 Å². The molecular weight excluding hydrogens is 723 g/mol. The molecule has 0 aliphatic carbocycles. The summed E-state index contributed by atoms with van der Waals surface area (Å²) in [5.41, 5.74) is 13.2. The quantitative estimate of drug-likeness (QED) is 0.170. The van der Waals surface area contributed by atoms with E-state index >= 15 is 0 Å². The summed E-state index contributed by atoms with van der Waals surface area (Å²) in [6.45, 7) is 0. The van der Waals surface area contributed by atoms with Gasteiger partial charge in [-0.3, -0.25) is 0 Å². The van der Waals surface area contributed by atoms with Gasteiger partial charge in [0.2, 0.25) is 0 Å². The first-order chi connectivity index (χ1) is 28.8. The average molecular weight is 756 g/mol.